The lowest BCUT2D eigenvalue weighted by Crippen LogP contribution is -1.96. The molecule has 6 heteroatoms. The number of nitrogens with one attached hydrogen (secondary N) is 1. The lowest BCUT2D eigenvalue weighted by atomic mass is 10.0. The Labute approximate surface area is 184 Å². The Bertz CT molecular complexity index is 1480. The van der Waals surface area contributed by atoms with Crippen LogP contribution in [0, 0.1) is 11.3 Å². The summed E-state index contributed by atoms with van der Waals surface area (Å²) in [4.78, 5) is 10.2. The van der Waals surface area contributed by atoms with Gasteiger partial charge in [-0.3, -0.25) is 9.97 Å². The number of rotatable bonds is 4. The lowest BCUT2D eigenvalue weighted by molar-refractivity contribution is 0.969. The molecule has 0 bridgehead atoms. The molecule has 0 amide bonds. The monoisotopic (exact) mass is 421 g/mol. The quantitative estimate of drug-likeness (QED) is 0.354. The van der Waals surface area contributed by atoms with Gasteiger partial charge in [-0.25, -0.2) is 0 Å². The zero-order valence-electron chi connectivity index (χ0n) is 17.1. The zero-order valence-corrected chi connectivity index (χ0v) is 17.9. The highest BCUT2D eigenvalue weighted by Crippen LogP contribution is 2.35. The van der Waals surface area contributed by atoms with E-state index in [0.29, 0.717) is 5.56 Å². The van der Waals surface area contributed by atoms with Crippen LogP contribution < -0.4 is 5.32 Å². The molecule has 1 N–H and O–H groups in total. The van der Waals surface area contributed by atoms with E-state index >= 15 is 0 Å². The van der Waals surface area contributed by atoms with Gasteiger partial charge >= 0.3 is 0 Å². The predicted molar refractivity (Wildman–Crippen MR) is 128 cm³/mol. The van der Waals surface area contributed by atoms with Crippen molar-refractivity contribution in [2.75, 3.05) is 11.6 Å². The van der Waals surface area contributed by atoms with E-state index in [-0.39, 0.29) is 0 Å². The molecule has 0 unspecified atom stereocenters. The van der Waals surface area contributed by atoms with Crippen molar-refractivity contribution >= 4 is 45.1 Å². The normalized spacial score (nSPS) is 11.0. The molecule has 5 aromatic rings. The molecule has 2 aromatic heterocycles. The molecule has 2 heterocycles. The van der Waals surface area contributed by atoms with E-state index < -0.39 is 0 Å². The summed E-state index contributed by atoms with van der Waals surface area (Å²) in [5.74, 6) is 0. The van der Waals surface area contributed by atoms with E-state index in [1.807, 2.05) is 37.6 Å². The van der Waals surface area contributed by atoms with E-state index in [1.54, 1.807) is 24.2 Å². The highest BCUT2D eigenvalue weighted by molar-refractivity contribution is 7.98. The van der Waals surface area contributed by atoms with Gasteiger partial charge in [0.1, 0.15) is 0 Å². The summed E-state index contributed by atoms with van der Waals surface area (Å²) in [6.07, 6.45) is 7.53. The van der Waals surface area contributed by atoms with Crippen LogP contribution in [-0.4, -0.2) is 20.8 Å². The fraction of sp³-hybridized carbons (Fsp3) is 0.0800. The highest BCUT2D eigenvalue weighted by Gasteiger charge is 2.12. The van der Waals surface area contributed by atoms with E-state index in [4.69, 9.17) is 0 Å². The number of nitrogens with zero attached hydrogens (tertiary/aromatic N) is 4. The predicted octanol–water partition coefficient (Wildman–Crippen LogP) is 6.13. The summed E-state index contributed by atoms with van der Waals surface area (Å²) >= 11 is 1.64. The van der Waals surface area contributed by atoms with Gasteiger partial charge in [-0.1, -0.05) is 6.07 Å². The van der Waals surface area contributed by atoms with Gasteiger partial charge in [0.15, 0.2) is 0 Å². The lowest BCUT2D eigenvalue weighted by Gasteiger charge is -2.14. The van der Waals surface area contributed by atoms with Crippen molar-refractivity contribution in [1.82, 2.24) is 14.5 Å². The van der Waals surface area contributed by atoms with Crippen molar-refractivity contribution in [3.05, 3.63) is 78.8 Å². The first-order valence-corrected chi connectivity index (χ1v) is 11.0. The smallest absolute Gasteiger partial charge is 0.0992 e. The third kappa shape index (κ3) is 3.49. The minimum Gasteiger partial charge on any atom is -0.354 e. The standard InChI is InChI=1S/C25H19N5S/c1-30-10-7-18-12-17(4-5-23(18)30)20-13-19(14-22-25(20)28-9-8-27-22)29-21-11-16(15-26)3-6-24(21)31-2/h3-14,29H,1-2H3. The number of hydrogen-bond acceptors (Lipinski definition) is 5. The van der Waals surface area contributed by atoms with E-state index in [9.17, 15) is 5.26 Å². The van der Waals surface area contributed by atoms with Gasteiger partial charge in [0.2, 0.25) is 0 Å². The van der Waals surface area contributed by atoms with Crippen LogP contribution in [0.15, 0.2) is 78.1 Å². The van der Waals surface area contributed by atoms with Crippen LogP contribution in [0.1, 0.15) is 5.56 Å². The second kappa shape index (κ2) is 7.78. The maximum absolute atomic E-state index is 9.31. The first-order valence-electron chi connectivity index (χ1n) is 9.81. The summed E-state index contributed by atoms with van der Waals surface area (Å²) in [5, 5.41) is 14.0. The molecule has 0 saturated carbocycles. The van der Waals surface area contributed by atoms with Crippen LogP contribution in [0.5, 0.6) is 0 Å². The van der Waals surface area contributed by atoms with Crippen LogP contribution in [0.3, 0.4) is 0 Å². The number of aromatic nitrogens is 3. The van der Waals surface area contributed by atoms with Gasteiger partial charge in [-0.15, -0.1) is 11.8 Å². The number of fused-ring (bicyclic) bond motifs is 2. The second-order valence-electron chi connectivity index (χ2n) is 7.30. The molecule has 0 radical (unpaired) electrons. The Morgan fingerprint density at radius 2 is 1.87 bits per heavy atom. The highest BCUT2D eigenvalue weighted by atomic mass is 32.2. The van der Waals surface area contributed by atoms with Gasteiger partial charge in [-0.05, 0) is 60.4 Å². The maximum atomic E-state index is 9.31. The third-order valence-electron chi connectivity index (χ3n) is 5.38. The molecule has 3 aromatic carbocycles. The van der Waals surface area contributed by atoms with Crippen LogP contribution >= 0.6 is 11.8 Å². The molecule has 0 spiro atoms. The third-order valence-corrected chi connectivity index (χ3v) is 6.17. The number of nitriles is 1. The van der Waals surface area contributed by atoms with Gasteiger partial charge < -0.3 is 9.88 Å². The van der Waals surface area contributed by atoms with Gasteiger partial charge in [0.05, 0.1) is 28.4 Å². The van der Waals surface area contributed by atoms with Crippen molar-refractivity contribution in [1.29, 1.82) is 5.26 Å². The molecular formula is C25H19N5S. The molecule has 0 aliphatic carbocycles. The molecule has 0 atom stereocenters. The molecule has 0 fully saturated rings. The second-order valence-corrected chi connectivity index (χ2v) is 8.15. The minimum atomic E-state index is 0.621. The van der Waals surface area contributed by atoms with Crippen molar-refractivity contribution in [2.45, 2.75) is 4.90 Å². The first-order chi connectivity index (χ1) is 15.2. The van der Waals surface area contributed by atoms with E-state index in [1.165, 1.54) is 10.9 Å². The van der Waals surface area contributed by atoms with Crippen molar-refractivity contribution in [3.8, 4) is 17.2 Å². The van der Waals surface area contributed by atoms with Crippen LogP contribution in [0.4, 0.5) is 11.4 Å². The largest absolute Gasteiger partial charge is 0.354 e. The van der Waals surface area contributed by atoms with Crippen molar-refractivity contribution in [3.63, 3.8) is 0 Å². The Kier molecular flexibility index (Phi) is 4.81. The van der Waals surface area contributed by atoms with Gasteiger partial charge in [0, 0.05) is 52.7 Å². The average Bonchev–Trinajstić information content (AvgIpc) is 3.18. The Hall–Kier alpha value is -3.82. The number of benzene rings is 3. The summed E-state index contributed by atoms with van der Waals surface area (Å²) in [6, 6.07) is 20.6. The Morgan fingerprint density at radius 3 is 2.71 bits per heavy atom. The van der Waals surface area contributed by atoms with E-state index in [0.717, 1.165) is 38.4 Å². The number of aryl methyl sites for hydroxylation is 1. The number of hydrogen-bond donors (Lipinski definition) is 1. The summed E-state index contributed by atoms with van der Waals surface area (Å²) in [5.41, 5.74) is 7.39. The van der Waals surface area contributed by atoms with Crippen LogP contribution in [0.25, 0.3) is 33.1 Å². The Morgan fingerprint density at radius 1 is 1.00 bits per heavy atom. The van der Waals surface area contributed by atoms with Crippen LogP contribution in [-0.2, 0) is 7.05 Å². The molecule has 0 aliphatic heterocycles. The van der Waals surface area contributed by atoms with Crippen LogP contribution in [0.2, 0.25) is 0 Å². The Balaban J connectivity index is 1.67. The summed E-state index contributed by atoms with van der Waals surface area (Å²) in [6.45, 7) is 0. The first kappa shape index (κ1) is 19.2. The van der Waals surface area contributed by atoms with Gasteiger partial charge in [-0.2, -0.15) is 5.26 Å². The fourth-order valence-corrected chi connectivity index (χ4v) is 4.38. The van der Waals surface area contributed by atoms with Crippen molar-refractivity contribution < 1.29 is 0 Å². The molecule has 0 aliphatic rings. The number of thioether (sulfide) groups is 1. The SMILES string of the molecule is CSc1ccc(C#N)cc1Nc1cc(-c2ccc3c(ccn3C)c2)c2nccnc2c1. The molecule has 150 valence electrons. The molecule has 5 nitrogen and oxygen atoms in total. The van der Waals surface area contributed by atoms with Gasteiger partial charge in [0.25, 0.3) is 0 Å². The molecule has 0 saturated heterocycles. The summed E-state index contributed by atoms with van der Waals surface area (Å²) in [7, 11) is 2.05. The fourth-order valence-electron chi connectivity index (χ4n) is 3.85. The minimum absolute atomic E-state index is 0.621. The van der Waals surface area contributed by atoms with E-state index in [2.05, 4.69) is 62.4 Å². The van der Waals surface area contributed by atoms with Crippen molar-refractivity contribution in [2.24, 2.45) is 7.05 Å². The maximum Gasteiger partial charge on any atom is 0.0992 e. The summed E-state index contributed by atoms with van der Waals surface area (Å²) < 4.78 is 2.11. The molecule has 31 heavy (non-hydrogen) atoms. The molecular weight excluding hydrogens is 402 g/mol. The molecule has 5 rings (SSSR count). The average molecular weight is 422 g/mol. The topological polar surface area (TPSA) is 66.5 Å². The zero-order chi connectivity index (χ0) is 21.4. The number of anilines is 2.